The van der Waals surface area contributed by atoms with Crippen molar-refractivity contribution in [3.8, 4) is 0 Å². The number of fused-ring (bicyclic) bond motifs is 1. The Morgan fingerprint density at radius 1 is 1.00 bits per heavy atom. The number of cyclic esters (lactones) is 1. The number of piperidine rings is 1. The van der Waals surface area contributed by atoms with Crippen LogP contribution in [0.25, 0.3) is 10.9 Å². The van der Waals surface area contributed by atoms with E-state index in [0.29, 0.717) is 12.5 Å². The molecule has 28 heavy (non-hydrogen) atoms. The summed E-state index contributed by atoms with van der Waals surface area (Å²) in [5.74, 6) is 0.597. The van der Waals surface area contributed by atoms with Gasteiger partial charge in [-0.05, 0) is 55.6 Å². The van der Waals surface area contributed by atoms with Crippen molar-refractivity contribution in [1.82, 2.24) is 9.88 Å². The number of carbonyl (C=O) groups is 1. The molecular formula is C23H25N3O2. The van der Waals surface area contributed by atoms with Crippen molar-refractivity contribution in [1.29, 1.82) is 0 Å². The van der Waals surface area contributed by atoms with Gasteiger partial charge < -0.3 is 9.72 Å². The molecule has 2 aliphatic heterocycles. The first-order valence-electron chi connectivity index (χ1n) is 10.1. The largest absolute Gasteiger partial charge is 0.443 e. The summed E-state index contributed by atoms with van der Waals surface area (Å²) < 4.78 is 5.63. The number of amides is 1. The number of nitrogens with zero attached hydrogens (tertiary/aromatic N) is 2. The molecule has 1 amide bonds. The van der Waals surface area contributed by atoms with Gasteiger partial charge in [0.1, 0.15) is 6.10 Å². The summed E-state index contributed by atoms with van der Waals surface area (Å²) in [7, 11) is 0. The first-order chi connectivity index (χ1) is 13.8. The van der Waals surface area contributed by atoms with Crippen molar-refractivity contribution in [2.75, 3.05) is 31.1 Å². The molecule has 2 fully saturated rings. The molecular weight excluding hydrogens is 350 g/mol. The fourth-order valence-corrected chi connectivity index (χ4v) is 4.58. The van der Waals surface area contributed by atoms with E-state index >= 15 is 0 Å². The van der Waals surface area contributed by atoms with E-state index in [1.54, 1.807) is 4.90 Å². The summed E-state index contributed by atoms with van der Waals surface area (Å²) in [6.07, 6.45) is 4.18. The quantitative estimate of drug-likeness (QED) is 0.736. The minimum Gasteiger partial charge on any atom is -0.443 e. The summed E-state index contributed by atoms with van der Waals surface area (Å²) in [6.45, 7) is 3.54. The SMILES string of the molecule is O=C1OC(CN2CCC(c3c[nH]c4ccccc34)CC2)CN1c1ccccc1. The van der Waals surface area contributed by atoms with Gasteiger partial charge in [0.15, 0.2) is 0 Å². The summed E-state index contributed by atoms with van der Waals surface area (Å²) in [5.41, 5.74) is 3.57. The number of carbonyl (C=O) groups excluding carboxylic acids is 1. The topological polar surface area (TPSA) is 48.6 Å². The zero-order valence-electron chi connectivity index (χ0n) is 15.9. The third-order valence-electron chi connectivity index (χ3n) is 6.05. The van der Waals surface area contributed by atoms with Gasteiger partial charge in [-0.3, -0.25) is 9.80 Å². The number of hydrogen-bond donors (Lipinski definition) is 1. The Labute approximate surface area is 164 Å². The zero-order valence-corrected chi connectivity index (χ0v) is 15.9. The molecule has 2 aliphatic rings. The monoisotopic (exact) mass is 375 g/mol. The van der Waals surface area contributed by atoms with E-state index in [0.717, 1.165) is 38.2 Å². The number of likely N-dealkylation sites (tertiary alicyclic amines) is 1. The Balaban J connectivity index is 1.18. The lowest BCUT2D eigenvalue weighted by Crippen LogP contribution is -2.39. The number of aromatic amines is 1. The van der Waals surface area contributed by atoms with Gasteiger partial charge in [0.05, 0.1) is 6.54 Å². The van der Waals surface area contributed by atoms with E-state index in [1.165, 1.54) is 16.5 Å². The maximum atomic E-state index is 12.2. The van der Waals surface area contributed by atoms with Gasteiger partial charge >= 0.3 is 6.09 Å². The number of benzene rings is 2. The van der Waals surface area contributed by atoms with Gasteiger partial charge in [0, 0.05) is 29.3 Å². The van der Waals surface area contributed by atoms with Crippen molar-refractivity contribution < 1.29 is 9.53 Å². The molecule has 3 aromatic rings. The van der Waals surface area contributed by atoms with Crippen LogP contribution in [-0.4, -0.2) is 48.3 Å². The average molecular weight is 375 g/mol. The molecule has 144 valence electrons. The van der Waals surface area contributed by atoms with E-state index in [1.807, 2.05) is 30.3 Å². The van der Waals surface area contributed by atoms with Crippen molar-refractivity contribution in [2.24, 2.45) is 0 Å². The maximum Gasteiger partial charge on any atom is 0.414 e. The Morgan fingerprint density at radius 3 is 2.57 bits per heavy atom. The number of H-pyrrole nitrogens is 1. The second kappa shape index (κ2) is 7.32. The van der Waals surface area contributed by atoms with Gasteiger partial charge in [-0.2, -0.15) is 0 Å². The van der Waals surface area contributed by atoms with Crippen LogP contribution in [0.5, 0.6) is 0 Å². The molecule has 5 heteroatoms. The molecule has 2 aromatic carbocycles. The highest BCUT2D eigenvalue weighted by Crippen LogP contribution is 2.33. The molecule has 1 aromatic heterocycles. The number of nitrogens with one attached hydrogen (secondary N) is 1. The van der Waals surface area contributed by atoms with Crippen LogP contribution in [0.3, 0.4) is 0 Å². The molecule has 0 aliphatic carbocycles. The van der Waals surface area contributed by atoms with Crippen LogP contribution < -0.4 is 4.90 Å². The molecule has 3 heterocycles. The molecule has 1 atom stereocenters. The summed E-state index contributed by atoms with van der Waals surface area (Å²) in [5, 5.41) is 1.35. The van der Waals surface area contributed by atoms with Crippen LogP contribution in [0, 0.1) is 0 Å². The Morgan fingerprint density at radius 2 is 1.75 bits per heavy atom. The lowest BCUT2D eigenvalue weighted by molar-refractivity contribution is 0.0977. The standard InChI is InChI=1S/C23H25N3O2/c27-23-26(18-6-2-1-3-7-18)16-19(28-23)15-25-12-10-17(11-13-25)21-14-24-22-9-5-4-8-20(21)22/h1-9,14,17,19,24H,10-13,15-16H2. The molecule has 0 saturated carbocycles. The van der Waals surface area contributed by atoms with Crippen LogP contribution in [0.15, 0.2) is 60.8 Å². The summed E-state index contributed by atoms with van der Waals surface area (Å²) in [6, 6.07) is 18.3. The number of rotatable bonds is 4. The summed E-state index contributed by atoms with van der Waals surface area (Å²) in [4.78, 5) is 19.8. The zero-order chi connectivity index (χ0) is 18.9. The van der Waals surface area contributed by atoms with Crippen LogP contribution in [0.1, 0.15) is 24.3 Å². The third kappa shape index (κ3) is 3.27. The highest BCUT2D eigenvalue weighted by molar-refractivity contribution is 5.89. The van der Waals surface area contributed by atoms with E-state index in [2.05, 4.69) is 40.3 Å². The Hall–Kier alpha value is -2.79. The molecule has 0 radical (unpaired) electrons. The number of anilines is 1. The number of hydrogen-bond acceptors (Lipinski definition) is 3. The second-order valence-electron chi connectivity index (χ2n) is 7.82. The predicted molar refractivity (Wildman–Crippen MR) is 111 cm³/mol. The minimum absolute atomic E-state index is 0.0580. The number of aromatic nitrogens is 1. The molecule has 1 unspecified atom stereocenters. The molecule has 5 rings (SSSR count). The van der Waals surface area contributed by atoms with Crippen LogP contribution in [0.2, 0.25) is 0 Å². The predicted octanol–water partition coefficient (Wildman–Crippen LogP) is 4.37. The highest BCUT2D eigenvalue weighted by atomic mass is 16.6. The van der Waals surface area contributed by atoms with Gasteiger partial charge in [0.25, 0.3) is 0 Å². The maximum absolute atomic E-state index is 12.2. The van der Waals surface area contributed by atoms with Crippen LogP contribution in [0.4, 0.5) is 10.5 Å². The normalized spacial score (nSPS) is 21.4. The van der Waals surface area contributed by atoms with E-state index in [4.69, 9.17) is 4.74 Å². The highest BCUT2D eigenvalue weighted by Gasteiger charge is 2.34. The lowest BCUT2D eigenvalue weighted by atomic mass is 9.89. The number of para-hydroxylation sites is 2. The third-order valence-corrected chi connectivity index (χ3v) is 6.05. The molecule has 5 nitrogen and oxygen atoms in total. The molecule has 0 bridgehead atoms. The van der Waals surface area contributed by atoms with Crippen LogP contribution in [-0.2, 0) is 4.74 Å². The van der Waals surface area contributed by atoms with E-state index in [9.17, 15) is 4.79 Å². The minimum atomic E-state index is -0.232. The Bertz CT molecular complexity index is 960. The average Bonchev–Trinajstić information content (AvgIpc) is 3.33. The number of ether oxygens (including phenoxy) is 1. The first-order valence-corrected chi connectivity index (χ1v) is 10.1. The van der Waals surface area contributed by atoms with Crippen molar-refractivity contribution in [2.45, 2.75) is 24.9 Å². The molecule has 0 spiro atoms. The second-order valence-corrected chi connectivity index (χ2v) is 7.82. The summed E-state index contributed by atoms with van der Waals surface area (Å²) >= 11 is 0. The van der Waals surface area contributed by atoms with Gasteiger partial charge in [-0.25, -0.2) is 4.79 Å². The van der Waals surface area contributed by atoms with Crippen molar-refractivity contribution >= 4 is 22.7 Å². The lowest BCUT2D eigenvalue weighted by Gasteiger charge is -2.32. The fourth-order valence-electron chi connectivity index (χ4n) is 4.58. The fraction of sp³-hybridized carbons (Fsp3) is 0.348. The van der Waals surface area contributed by atoms with Gasteiger partial charge in [-0.1, -0.05) is 36.4 Å². The van der Waals surface area contributed by atoms with Crippen molar-refractivity contribution in [3.05, 3.63) is 66.4 Å². The Kier molecular flexibility index (Phi) is 4.53. The van der Waals surface area contributed by atoms with E-state index in [-0.39, 0.29) is 12.2 Å². The van der Waals surface area contributed by atoms with Crippen molar-refractivity contribution in [3.63, 3.8) is 0 Å². The molecule has 2 saturated heterocycles. The van der Waals surface area contributed by atoms with E-state index < -0.39 is 0 Å². The first kappa shape index (κ1) is 17.3. The smallest absolute Gasteiger partial charge is 0.414 e. The van der Waals surface area contributed by atoms with Crippen LogP contribution >= 0.6 is 0 Å². The van der Waals surface area contributed by atoms with Gasteiger partial charge in [0.2, 0.25) is 0 Å². The molecule has 1 N–H and O–H groups in total. The van der Waals surface area contributed by atoms with Gasteiger partial charge in [-0.15, -0.1) is 0 Å².